The van der Waals surface area contributed by atoms with E-state index in [0.29, 0.717) is 13.0 Å². The molecule has 2 rings (SSSR count). The maximum Gasteiger partial charge on any atom is 0.220 e. The molecule has 0 aromatic heterocycles. The molecule has 0 saturated carbocycles. The average Bonchev–Trinajstić information content (AvgIpc) is 2.73. The SMILES string of the molecule is CC(C)(C)c1cc(CNC(=O)CCC(=O)Cc2cc(C(C)(C)C)cc(C(C)(C)C)c2)cc(C(C)(C)C)c1. The normalized spacial score (nSPS) is 13.0. The number of Topliss-reactive ketones (excluding diaryl/α,β-unsaturated/α-hetero) is 1. The summed E-state index contributed by atoms with van der Waals surface area (Å²) in [4.78, 5) is 25.5. The Balaban J connectivity index is 2.05. The molecule has 0 spiro atoms. The van der Waals surface area contributed by atoms with Gasteiger partial charge in [0.25, 0.3) is 0 Å². The molecule has 2 aromatic rings. The molecule has 0 aliphatic carbocycles. The van der Waals surface area contributed by atoms with Crippen LogP contribution in [0.2, 0.25) is 0 Å². The Morgan fingerprint density at radius 3 is 1.24 bits per heavy atom. The Morgan fingerprint density at radius 2 is 0.892 bits per heavy atom. The molecule has 37 heavy (non-hydrogen) atoms. The zero-order chi connectivity index (χ0) is 28.4. The molecule has 204 valence electrons. The number of nitrogens with one attached hydrogen (secondary N) is 1. The lowest BCUT2D eigenvalue weighted by Gasteiger charge is -2.26. The van der Waals surface area contributed by atoms with Crippen molar-refractivity contribution in [3.05, 3.63) is 69.8 Å². The lowest BCUT2D eigenvalue weighted by Crippen LogP contribution is -2.24. The summed E-state index contributed by atoms with van der Waals surface area (Å²) in [5.41, 5.74) is 7.25. The van der Waals surface area contributed by atoms with Crippen LogP contribution in [0.25, 0.3) is 0 Å². The molecule has 0 saturated heterocycles. The van der Waals surface area contributed by atoms with Gasteiger partial charge in [0.05, 0.1) is 0 Å². The Bertz CT molecular complexity index is 1050. The molecule has 0 unspecified atom stereocenters. The minimum atomic E-state index is -0.0781. The van der Waals surface area contributed by atoms with E-state index in [4.69, 9.17) is 0 Å². The summed E-state index contributed by atoms with van der Waals surface area (Å²) < 4.78 is 0. The molecule has 0 bridgehead atoms. The van der Waals surface area contributed by atoms with Gasteiger partial charge < -0.3 is 5.32 Å². The molecule has 2 aromatic carbocycles. The summed E-state index contributed by atoms with van der Waals surface area (Å²) in [5, 5.41) is 3.04. The Morgan fingerprint density at radius 1 is 0.541 bits per heavy atom. The van der Waals surface area contributed by atoms with Crippen molar-refractivity contribution in [3.8, 4) is 0 Å². The summed E-state index contributed by atoms with van der Waals surface area (Å²) in [5.74, 6) is 0.0245. The molecule has 0 heterocycles. The summed E-state index contributed by atoms with van der Waals surface area (Å²) in [7, 11) is 0. The number of rotatable bonds is 7. The van der Waals surface area contributed by atoms with Crippen molar-refractivity contribution < 1.29 is 9.59 Å². The van der Waals surface area contributed by atoms with Crippen molar-refractivity contribution in [1.29, 1.82) is 0 Å². The van der Waals surface area contributed by atoms with Crippen molar-refractivity contribution in [2.75, 3.05) is 0 Å². The Kier molecular flexibility index (Phi) is 9.27. The van der Waals surface area contributed by atoms with Crippen LogP contribution >= 0.6 is 0 Å². The predicted octanol–water partition coefficient (Wildman–Crippen LogP) is 8.08. The summed E-state index contributed by atoms with van der Waals surface area (Å²) in [6, 6.07) is 13.2. The van der Waals surface area contributed by atoms with Crippen LogP contribution in [-0.4, -0.2) is 11.7 Å². The van der Waals surface area contributed by atoms with E-state index in [1.807, 2.05) is 0 Å². The van der Waals surface area contributed by atoms with E-state index in [1.165, 1.54) is 22.3 Å². The number of hydrogen-bond acceptors (Lipinski definition) is 2. The number of ketones is 1. The molecule has 1 amide bonds. The quantitative estimate of drug-likeness (QED) is 0.413. The number of benzene rings is 2. The van der Waals surface area contributed by atoms with E-state index >= 15 is 0 Å². The number of hydrogen-bond donors (Lipinski definition) is 1. The summed E-state index contributed by atoms with van der Waals surface area (Å²) in [6.07, 6.45) is 0.837. The van der Waals surface area contributed by atoms with Crippen molar-refractivity contribution >= 4 is 11.7 Å². The van der Waals surface area contributed by atoms with Crippen LogP contribution in [0.5, 0.6) is 0 Å². The first-order chi connectivity index (χ1) is 16.7. The van der Waals surface area contributed by atoms with E-state index < -0.39 is 0 Å². The van der Waals surface area contributed by atoms with Gasteiger partial charge in [-0.2, -0.15) is 0 Å². The van der Waals surface area contributed by atoms with E-state index in [-0.39, 0.29) is 46.2 Å². The highest BCUT2D eigenvalue weighted by molar-refractivity contribution is 5.86. The van der Waals surface area contributed by atoms with Crippen LogP contribution in [-0.2, 0) is 44.2 Å². The van der Waals surface area contributed by atoms with E-state index in [9.17, 15) is 9.59 Å². The highest BCUT2D eigenvalue weighted by atomic mass is 16.2. The van der Waals surface area contributed by atoms with Gasteiger partial charge in [-0.1, -0.05) is 119 Å². The first-order valence-corrected chi connectivity index (χ1v) is 13.7. The van der Waals surface area contributed by atoms with Gasteiger partial charge in [0.2, 0.25) is 5.91 Å². The number of carbonyl (C=O) groups excluding carboxylic acids is 2. The van der Waals surface area contributed by atoms with Gasteiger partial charge in [0.1, 0.15) is 5.78 Å². The van der Waals surface area contributed by atoms with Crippen LogP contribution in [0.1, 0.15) is 129 Å². The van der Waals surface area contributed by atoms with Crippen LogP contribution in [0.4, 0.5) is 0 Å². The summed E-state index contributed by atoms with van der Waals surface area (Å²) in [6.45, 7) is 27.0. The topological polar surface area (TPSA) is 46.2 Å². The molecule has 3 heteroatoms. The van der Waals surface area contributed by atoms with Gasteiger partial charge in [-0.25, -0.2) is 0 Å². The second kappa shape index (κ2) is 11.1. The van der Waals surface area contributed by atoms with Gasteiger partial charge >= 0.3 is 0 Å². The summed E-state index contributed by atoms with van der Waals surface area (Å²) >= 11 is 0. The Hall–Kier alpha value is -2.42. The van der Waals surface area contributed by atoms with E-state index in [1.54, 1.807) is 0 Å². The molecule has 0 aliphatic heterocycles. The van der Waals surface area contributed by atoms with Gasteiger partial charge in [-0.3, -0.25) is 9.59 Å². The fourth-order valence-electron chi connectivity index (χ4n) is 4.18. The third-order valence-electron chi connectivity index (χ3n) is 6.97. The van der Waals surface area contributed by atoms with Crippen LogP contribution in [0.3, 0.4) is 0 Å². The minimum Gasteiger partial charge on any atom is -0.352 e. The molecule has 0 aliphatic rings. The molecule has 0 radical (unpaired) electrons. The third-order valence-corrected chi connectivity index (χ3v) is 6.97. The molecular weight excluding hydrogens is 454 g/mol. The maximum absolute atomic E-state index is 12.8. The number of carbonyl (C=O) groups is 2. The van der Waals surface area contributed by atoms with Crippen molar-refractivity contribution in [2.24, 2.45) is 0 Å². The molecule has 0 atom stereocenters. The van der Waals surface area contributed by atoms with Crippen molar-refractivity contribution in [1.82, 2.24) is 5.32 Å². The van der Waals surface area contributed by atoms with E-state index in [0.717, 1.165) is 11.1 Å². The van der Waals surface area contributed by atoms with Gasteiger partial charge in [0, 0.05) is 25.8 Å². The molecule has 0 fully saturated rings. The highest BCUT2D eigenvalue weighted by Crippen LogP contribution is 2.32. The van der Waals surface area contributed by atoms with Crippen molar-refractivity contribution in [3.63, 3.8) is 0 Å². The second-order valence-electron chi connectivity index (χ2n) is 14.8. The molecule has 1 N–H and O–H groups in total. The lowest BCUT2D eigenvalue weighted by molar-refractivity contribution is -0.125. The highest BCUT2D eigenvalue weighted by Gasteiger charge is 2.22. The van der Waals surface area contributed by atoms with Crippen molar-refractivity contribution in [2.45, 2.75) is 131 Å². The lowest BCUT2D eigenvalue weighted by atomic mass is 9.79. The first-order valence-electron chi connectivity index (χ1n) is 13.7. The zero-order valence-electron chi connectivity index (χ0n) is 25.6. The first kappa shape index (κ1) is 30.8. The van der Waals surface area contributed by atoms with Gasteiger partial charge in [0.15, 0.2) is 0 Å². The number of amides is 1. The second-order valence-corrected chi connectivity index (χ2v) is 14.8. The minimum absolute atomic E-state index is 0.0100. The fourth-order valence-corrected chi connectivity index (χ4v) is 4.18. The van der Waals surface area contributed by atoms with Crippen LogP contribution in [0.15, 0.2) is 36.4 Å². The zero-order valence-corrected chi connectivity index (χ0v) is 25.6. The largest absolute Gasteiger partial charge is 0.352 e. The molecule has 3 nitrogen and oxygen atoms in total. The average molecular weight is 506 g/mol. The maximum atomic E-state index is 12.8. The predicted molar refractivity (Wildman–Crippen MR) is 157 cm³/mol. The van der Waals surface area contributed by atoms with Gasteiger partial charge in [-0.15, -0.1) is 0 Å². The van der Waals surface area contributed by atoms with Crippen LogP contribution < -0.4 is 5.32 Å². The van der Waals surface area contributed by atoms with E-state index in [2.05, 4.69) is 125 Å². The fraction of sp³-hybridized carbons (Fsp3) is 0.588. The smallest absolute Gasteiger partial charge is 0.220 e. The van der Waals surface area contributed by atoms with Gasteiger partial charge in [-0.05, 0) is 55.0 Å². The standard InChI is InChI=1S/C34H51NO2/c1-31(2,3)25-15-23(16-26(20-25)32(4,5)6)19-29(36)13-14-30(37)35-22-24-17-27(33(7,8)9)21-28(18-24)34(10,11)12/h15-18,20-21H,13-14,19,22H2,1-12H3,(H,35,37). The third kappa shape index (κ3) is 9.43. The monoisotopic (exact) mass is 505 g/mol. The Labute approximate surface area is 226 Å². The molecular formula is C34H51NO2. The van der Waals surface area contributed by atoms with Crippen LogP contribution in [0, 0.1) is 0 Å².